The third-order valence-electron chi connectivity index (χ3n) is 3.70. The largest absolute Gasteiger partial charge is 0.497 e. The van der Waals surface area contributed by atoms with Gasteiger partial charge in [-0.05, 0) is 75.4 Å². The lowest BCUT2D eigenvalue weighted by molar-refractivity contribution is 0.415. The molecule has 0 unspecified atom stereocenters. The lowest BCUT2D eigenvalue weighted by Gasteiger charge is -2.14. The van der Waals surface area contributed by atoms with Gasteiger partial charge in [-0.1, -0.05) is 11.6 Å². The van der Waals surface area contributed by atoms with Crippen LogP contribution in [0.15, 0.2) is 64.6 Å². The number of nitrogens with one attached hydrogen (secondary N) is 1. The average molecular weight is 368 g/mol. The molecular formula is C21H22ClN3O. The SMILES string of the molecule is COc1ccc(C2=CC(=NC(C)(C)C)C(Nc3ccc(Cl)cc3)=N2)cc1. The van der Waals surface area contributed by atoms with Crippen LogP contribution in [0.1, 0.15) is 26.3 Å². The Hall–Kier alpha value is -2.59. The molecule has 2 aromatic rings. The van der Waals surface area contributed by atoms with E-state index in [-0.39, 0.29) is 5.54 Å². The standard InChI is InChI=1S/C21H22ClN3O/c1-21(2,3)25-19-13-18(14-5-11-17(26-4)12-6-14)24-20(19)23-16-9-7-15(22)8-10-16/h5-13H,1-4H3,(H,23,24,25). The van der Waals surface area contributed by atoms with Crippen molar-refractivity contribution in [2.75, 3.05) is 12.4 Å². The Labute approximate surface area is 159 Å². The van der Waals surface area contributed by atoms with Gasteiger partial charge in [0.2, 0.25) is 0 Å². The van der Waals surface area contributed by atoms with Crippen molar-refractivity contribution >= 4 is 34.5 Å². The summed E-state index contributed by atoms with van der Waals surface area (Å²) in [6, 6.07) is 15.4. The first-order valence-electron chi connectivity index (χ1n) is 8.42. The number of nitrogens with zero attached hydrogens (tertiary/aromatic N) is 2. The number of amidine groups is 1. The zero-order valence-corrected chi connectivity index (χ0v) is 16.1. The molecule has 1 N–H and O–H groups in total. The van der Waals surface area contributed by atoms with Crippen LogP contribution in [0.25, 0.3) is 5.70 Å². The van der Waals surface area contributed by atoms with Crippen molar-refractivity contribution in [2.45, 2.75) is 26.3 Å². The predicted molar refractivity (Wildman–Crippen MR) is 111 cm³/mol. The molecule has 0 aliphatic carbocycles. The van der Waals surface area contributed by atoms with Crippen LogP contribution in [0.2, 0.25) is 5.02 Å². The minimum atomic E-state index is -0.205. The molecule has 134 valence electrons. The van der Waals surface area contributed by atoms with Crippen LogP contribution in [0.5, 0.6) is 5.75 Å². The van der Waals surface area contributed by atoms with Crippen molar-refractivity contribution in [3.05, 3.63) is 65.2 Å². The van der Waals surface area contributed by atoms with Gasteiger partial charge in [0.05, 0.1) is 18.3 Å². The van der Waals surface area contributed by atoms with Crippen LogP contribution in [0, 0.1) is 0 Å². The van der Waals surface area contributed by atoms with Crippen LogP contribution in [0.4, 0.5) is 5.69 Å². The van der Waals surface area contributed by atoms with Crippen LogP contribution in [-0.2, 0) is 0 Å². The zero-order valence-electron chi connectivity index (χ0n) is 15.4. The van der Waals surface area contributed by atoms with Gasteiger partial charge in [0.25, 0.3) is 0 Å². The monoisotopic (exact) mass is 367 g/mol. The minimum Gasteiger partial charge on any atom is -0.497 e. The Morgan fingerprint density at radius 1 is 1.00 bits per heavy atom. The lowest BCUT2D eigenvalue weighted by atomic mass is 10.1. The normalized spacial score (nSPS) is 15.7. The molecule has 0 saturated carbocycles. The Bertz CT molecular complexity index is 873. The first kappa shape index (κ1) is 18.2. The molecule has 0 saturated heterocycles. The number of rotatable bonds is 3. The van der Waals surface area contributed by atoms with Crippen LogP contribution >= 0.6 is 11.6 Å². The molecular weight excluding hydrogens is 346 g/mol. The predicted octanol–water partition coefficient (Wildman–Crippen LogP) is 5.45. The summed E-state index contributed by atoms with van der Waals surface area (Å²) in [6.45, 7) is 6.21. The summed E-state index contributed by atoms with van der Waals surface area (Å²) in [5.41, 5.74) is 3.42. The number of hydrogen-bond acceptors (Lipinski definition) is 4. The van der Waals surface area contributed by atoms with Gasteiger partial charge >= 0.3 is 0 Å². The second kappa shape index (κ2) is 7.34. The van der Waals surface area contributed by atoms with E-state index in [4.69, 9.17) is 26.3 Å². The van der Waals surface area contributed by atoms with Crippen molar-refractivity contribution in [1.82, 2.24) is 0 Å². The van der Waals surface area contributed by atoms with Gasteiger partial charge in [0.1, 0.15) is 11.5 Å². The molecule has 5 heteroatoms. The second-order valence-corrected chi connectivity index (χ2v) is 7.45. The van der Waals surface area contributed by atoms with Crippen molar-refractivity contribution in [3.63, 3.8) is 0 Å². The molecule has 2 aromatic carbocycles. The highest BCUT2D eigenvalue weighted by atomic mass is 35.5. The Kier molecular flexibility index (Phi) is 5.14. The van der Waals surface area contributed by atoms with Crippen molar-refractivity contribution in [2.24, 2.45) is 9.98 Å². The van der Waals surface area contributed by atoms with Gasteiger partial charge in [-0.25, -0.2) is 4.99 Å². The molecule has 0 radical (unpaired) electrons. The van der Waals surface area contributed by atoms with Gasteiger partial charge in [-0.15, -0.1) is 0 Å². The van der Waals surface area contributed by atoms with Crippen LogP contribution < -0.4 is 10.1 Å². The molecule has 0 fully saturated rings. The van der Waals surface area contributed by atoms with Gasteiger partial charge in [-0.3, -0.25) is 4.99 Å². The fourth-order valence-electron chi connectivity index (χ4n) is 2.53. The van der Waals surface area contributed by atoms with Gasteiger partial charge in [-0.2, -0.15) is 0 Å². The first-order valence-corrected chi connectivity index (χ1v) is 8.79. The maximum Gasteiger partial charge on any atom is 0.156 e. The summed E-state index contributed by atoms with van der Waals surface area (Å²) in [7, 11) is 1.66. The van der Waals surface area contributed by atoms with E-state index in [0.717, 1.165) is 34.2 Å². The summed E-state index contributed by atoms with van der Waals surface area (Å²) in [4.78, 5) is 9.57. The highest BCUT2D eigenvalue weighted by Crippen LogP contribution is 2.25. The molecule has 0 spiro atoms. The fourth-order valence-corrected chi connectivity index (χ4v) is 2.65. The zero-order chi connectivity index (χ0) is 18.7. The van der Waals surface area contributed by atoms with E-state index in [1.54, 1.807) is 7.11 Å². The summed E-state index contributed by atoms with van der Waals surface area (Å²) in [5.74, 6) is 1.55. The highest BCUT2D eigenvalue weighted by Gasteiger charge is 2.20. The highest BCUT2D eigenvalue weighted by molar-refractivity contribution is 6.53. The third-order valence-corrected chi connectivity index (χ3v) is 3.95. The second-order valence-electron chi connectivity index (χ2n) is 7.02. The fraction of sp³-hybridized carbons (Fsp3) is 0.238. The first-order chi connectivity index (χ1) is 12.3. The summed E-state index contributed by atoms with van der Waals surface area (Å²) in [6.07, 6.45) is 2.01. The van der Waals surface area contributed by atoms with E-state index < -0.39 is 0 Å². The van der Waals surface area contributed by atoms with Crippen molar-refractivity contribution in [3.8, 4) is 5.75 Å². The van der Waals surface area contributed by atoms with E-state index in [1.807, 2.05) is 54.6 Å². The summed E-state index contributed by atoms with van der Waals surface area (Å²) >= 11 is 5.97. The van der Waals surface area contributed by atoms with E-state index in [2.05, 4.69) is 26.1 Å². The average Bonchev–Trinajstić information content (AvgIpc) is 2.97. The number of aliphatic imine (C=N–C) groups is 2. The Balaban J connectivity index is 1.94. The van der Waals surface area contributed by atoms with Crippen molar-refractivity contribution in [1.29, 1.82) is 0 Å². The molecule has 1 aliphatic rings. The van der Waals surface area contributed by atoms with Crippen LogP contribution in [-0.4, -0.2) is 24.2 Å². The number of hydrogen-bond donors (Lipinski definition) is 1. The molecule has 3 rings (SSSR count). The molecule has 26 heavy (non-hydrogen) atoms. The number of halogens is 1. The quantitative estimate of drug-likeness (QED) is 0.783. The van der Waals surface area contributed by atoms with Gasteiger partial charge in [0, 0.05) is 16.3 Å². The number of ether oxygens (including phenoxy) is 1. The van der Waals surface area contributed by atoms with E-state index >= 15 is 0 Å². The number of anilines is 1. The Morgan fingerprint density at radius 2 is 1.65 bits per heavy atom. The maximum atomic E-state index is 5.97. The van der Waals surface area contributed by atoms with Gasteiger partial charge in [0.15, 0.2) is 5.84 Å². The third kappa shape index (κ3) is 4.52. The van der Waals surface area contributed by atoms with Gasteiger partial charge < -0.3 is 10.1 Å². The molecule has 1 heterocycles. The molecule has 1 aliphatic heterocycles. The maximum absolute atomic E-state index is 5.97. The van der Waals surface area contributed by atoms with E-state index in [1.165, 1.54) is 0 Å². The molecule has 0 amide bonds. The minimum absolute atomic E-state index is 0.205. The summed E-state index contributed by atoms with van der Waals surface area (Å²) in [5, 5.41) is 4.05. The lowest BCUT2D eigenvalue weighted by Crippen LogP contribution is -2.23. The topological polar surface area (TPSA) is 46.0 Å². The molecule has 0 atom stereocenters. The Morgan fingerprint density at radius 3 is 2.23 bits per heavy atom. The van der Waals surface area contributed by atoms with Crippen molar-refractivity contribution < 1.29 is 4.74 Å². The van der Waals surface area contributed by atoms with E-state index in [9.17, 15) is 0 Å². The number of methoxy groups -OCH3 is 1. The molecule has 0 aromatic heterocycles. The summed E-state index contributed by atoms with van der Waals surface area (Å²) < 4.78 is 5.23. The molecule has 4 nitrogen and oxygen atoms in total. The smallest absolute Gasteiger partial charge is 0.156 e. The number of benzene rings is 2. The van der Waals surface area contributed by atoms with E-state index in [0.29, 0.717) is 5.02 Å². The van der Waals surface area contributed by atoms with Crippen LogP contribution in [0.3, 0.4) is 0 Å². The molecule has 0 bridgehead atoms.